The molecule has 1 aromatic rings. The lowest BCUT2D eigenvalue weighted by Gasteiger charge is -2.26. The van der Waals surface area contributed by atoms with Crippen LogP contribution in [-0.2, 0) is 6.54 Å². The minimum atomic E-state index is 0.00701. The van der Waals surface area contributed by atoms with Crippen molar-refractivity contribution >= 4 is 21.6 Å². The second-order valence-electron chi connectivity index (χ2n) is 6.17. The van der Waals surface area contributed by atoms with E-state index in [1.807, 2.05) is 0 Å². The lowest BCUT2D eigenvalue weighted by molar-refractivity contribution is 0.261. The van der Waals surface area contributed by atoms with Crippen molar-refractivity contribution in [2.75, 3.05) is 18.0 Å². The van der Waals surface area contributed by atoms with E-state index in [0.29, 0.717) is 11.8 Å². The van der Waals surface area contributed by atoms with Crippen molar-refractivity contribution in [2.45, 2.75) is 38.8 Å². The molecule has 3 rings (SSSR count). The molecule has 0 amide bonds. The van der Waals surface area contributed by atoms with Gasteiger partial charge in [-0.15, -0.1) is 0 Å². The van der Waals surface area contributed by atoms with Crippen LogP contribution in [0.1, 0.15) is 26.2 Å². The molecule has 2 N–H and O–H groups in total. The Morgan fingerprint density at radius 1 is 1.45 bits per heavy atom. The van der Waals surface area contributed by atoms with Gasteiger partial charge in [0.1, 0.15) is 5.69 Å². The van der Waals surface area contributed by atoms with Gasteiger partial charge in [-0.1, -0.05) is 13.3 Å². The Hall–Kier alpha value is -0.880. The molecule has 2 unspecified atom stereocenters. The zero-order valence-corrected chi connectivity index (χ0v) is 13.3. The molecular formula is C14H21BrN4O. The summed E-state index contributed by atoms with van der Waals surface area (Å²) in [5.41, 5.74) is 6.80. The van der Waals surface area contributed by atoms with Gasteiger partial charge in [0, 0.05) is 25.7 Å². The zero-order valence-electron chi connectivity index (χ0n) is 11.8. The third-order valence-electron chi connectivity index (χ3n) is 4.62. The molecule has 2 heterocycles. The molecule has 2 atom stereocenters. The van der Waals surface area contributed by atoms with Gasteiger partial charge < -0.3 is 10.6 Å². The molecule has 1 aliphatic carbocycles. The first-order valence-electron chi connectivity index (χ1n) is 7.32. The highest BCUT2D eigenvalue weighted by molar-refractivity contribution is 9.10. The molecule has 1 saturated heterocycles. The number of rotatable bonds is 3. The normalized spacial score (nSPS) is 26.9. The van der Waals surface area contributed by atoms with Crippen molar-refractivity contribution < 1.29 is 0 Å². The molecule has 0 spiro atoms. The fraction of sp³-hybridized carbons (Fsp3) is 0.714. The first-order valence-corrected chi connectivity index (χ1v) is 8.11. The fourth-order valence-corrected chi connectivity index (χ4v) is 3.48. The van der Waals surface area contributed by atoms with Gasteiger partial charge in [-0.25, -0.2) is 4.68 Å². The van der Waals surface area contributed by atoms with Gasteiger partial charge in [0.25, 0.3) is 5.56 Å². The smallest absolute Gasteiger partial charge is 0.291 e. The summed E-state index contributed by atoms with van der Waals surface area (Å²) in [6.45, 7) is 4.45. The lowest BCUT2D eigenvalue weighted by Crippen LogP contribution is -2.36. The van der Waals surface area contributed by atoms with E-state index in [1.165, 1.54) is 19.3 Å². The first-order chi connectivity index (χ1) is 9.56. The van der Waals surface area contributed by atoms with Crippen LogP contribution < -0.4 is 16.2 Å². The van der Waals surface area contributed by atoms with E-state index in [9.17, 15) is 4.79 Å². The van der Waals surface area contributed by atoms with E-state index in [2.05, 4.69) is 32.9 Å². The third kappa shape index (κ3) is 2.51. The minimum Gasteiger partial charge on any atom is -0.364 e. The van der Waals surface area contributed by atoms with Gasteiger partial charge in [0.05, 0.1) is 10.7 Å². The second-order valence-corrected chi connectivity index (χ2v) is 7.03. The van der Waals surface area contributed by atoms with Crippen LogP contribution in [0.4, 0.5) is 5.69 Å². The van der Waals surface area contributed by atoms with Crippen molar-refractivity contribution in [1.82, 2.24) is 9.78 Å². The summed E-state index contributed by atoms with van der Waals surface area (Å²) in [5, 5.41) is 4.27. The molecule has 20 heavy (non-hydrogen) atoms. The predicted octanol–water partition coefficient (Wildman–Crippen LogP) is 1.59. The topological polar surface area (TPSA) is 64.2 Å². The lowest BCUT2D eigenvalue weighted by atomic mass is 9.85. The molecule has 1 aromatic heterocycles. The summed E-state index contributed by atoms with van der Waals surface area (Å²) in [5.74, 6) is 1.03. The third-order valence-corrected chi connectivity index (χ3v) is 5.20. The van der Waals surface area contributed by atoms with Crippen LogP contribution in [0.15, 0.2) is 15.5 Å². The van der Waals surface area contributed by atoms with E-state index in [1.54, 1.807) is 10.9 Å². The summed E-state index contributed by atoms with van der Waals surface area (Å²) in [6.07, 6.45) is 5.45. The van der Waals surface area contributed by atoms with Crippen LogP contribution in [0.25, 0.3) is 0 Å². The summed E-state index contributed by atoms with van der Waals surface area (Å²) in [4.78, 5) is 14.8. The summed E-state index contributed by atoms with van der Waals surface area (Å²) >= 11 is 3.47. The van der Waals surface area contributed by atoms with Crippen molar-refractivity contribution in [3.8, 4) is 0 Å². The second kappa shape index (κ2) is 5.48. The van der Waals surface area contributed by atoms with Crippen LogP contribution in [0.5, 0.6) is 0 Å². The zero-order chi connectivity index (χ0) is 14.3. The highest BCUT2D eigenvalue weighted by Crippen LogP contribution is 2.29. The standard InChI is InChI=1S/C14H21BrN4O/c1-9-6-18(8-12(9)16)13-11(15)5-17-19(14(13)20)7-10-3-2-4-10/h5,9-10,12H,2-4,6-8,16H2,1H3. The van der Waals surface area contributed by atoms with Crippen LogP contribution >= 0.6 is 15.9 Å². The van der Waals surface area contributed by atoms with Crippen LogP contribution in [-0.4, -0.2) is 28.9 Å². The van der Waals surface area contributed by atoms with Crippen molar-refractivity contribution in [1.29, 1.82) is 0 Å². The first kappa shape index (κ1) is 14.1. The molecule has 110 valence electrons. The Balaban J connectivity index is 1.89. The van der Waals surface area contributed by atoms with Crippen molar-refractivity contribution in [3.63, 3.8) is 0 Å². The van der Waals surface area contributed by atoms with E-state index < -0.39 is 0 Å². The molecule has 6 heteroatoms. The van der Waals surface area contributed by atoms with Gasteiger partial charge in [-0.2, -0.15) is 5.10 Å². The highest BCUT2D eigenvalue weighted by atomic mass is 79.9. The number of aromatic nitrogens is 2. The maximum Gasteiger partial charge on any atom is 0.291 e. The average molecular weight is 341 g/mol. The quantitative estimate of drug-likeness (QED) is 0.907. The van der Waals surface area contributed by atoms with Gasteiger partial charge in [-0.05, 0) is 40.6 Å². The molecule has 1 saturated carbocycles. The van der Waals surface area contributed by atoms with Gasteiger partial charge >= 0.3 is 0 Å². The summed E-state index contributed by atoms with van der Waals surface area (Å²) in [7, 11) is 0. The Bertz CT molecular complexity index is 545. The van der Waals surface area contributed by atoms with Crippen molar-refractivity contribution in [3.05, 3.63) is 21.0 Å². The maximum absolute atomic E-state index is 12.7. The van der Waals surface area contributed by atoms with Crippen molar-refractivity contribution in [2.24, 2.45) is 17.6 Å². The predicted molar refractivity (Wildman–Crippen MR) is 82.9 cm³/mol. The largest absolute Gasteiger partial charge is 0.364 e. The average Bonchev–Trinajstić information content (AvgIpc) is 2.66. The molecular weight excluding hydrogens is 320 g/mol. The number of hydrogen-bond acceptors (Lipinski definition) is 4. The number of hydrogen-bond donors (Lipinski definition) is 1. The highest BCUT2D eigenvalue weighted by Gasteiger charge is 2.30. The van der Waals surface area contributed by atoms with E-state index >= 15 is 0 Å². The number of nitrogens with two attached hydrogens (primary N) is 1. The maximum atomic E-state index is 12.7. The molecule has 5 nitrogen and oxygen atoms in total. The molecule has 0 aromatic carbocycles. The monoisotopic (exact) mass is 340 g/mol. The van der Waals surface area contributed by atoms with E-state index in [-0.39, 0.29) is 11.6 Å². The van der Waals surface area contributed by atoms with E-state index in [0.717, 1.165) is 29.8 Å². The van der Waals surface area contributed by atoms with Crippen LogP contribution in [0.2, 0.25) is 0 Å². The Morgan fingerprint density at radius 3 is 2.75 bits per heavy atom. The summed E-state index contributed by atoms with van der Waals surface area (Å²) < 4.78 is 2.40. The van der Waals surface area contributed by atoms with Gasteiger partial charge in [0.15, 0.2) is 0 Å². The molecule has 0 bridgehead atoms. The Morgan fingerprint density at radius 2 is 2.20 bits per heavy atom. The number of nitrogens with zero attached hydrogens (tertiary/aromatic N) is 3. The van der Waals surface area contributed by atoms with Crippen LogP contribution in [0.3, 0.4) is 0 Å². The number of anilines is 1. The van der Waals surface area contributed by atoms with Crippen LogP contribution in [0, 0.1) is 11.8 Å². The Labute approximate surface area is 127 Å². The molecule has 0 radical (unpaired) electrons. The number of halogens is 1. The summed E-state index contributed by atoms with van der Waals surface area (Å²) in [6, 6.07) is 0.134. The van der Waals surface area contributed by atoms with E-state index in [4.69, 9.17) is 5.73 Å². The molecule has 1 aliphatic heterocycles. The van der Waals surface area contributed by atoms with Gasteiger partial charge in [-0.3, -0.25) is 4.79 Å². The fourth-order valence-electron chi connectivity index (χ4n) is 2.97. The molecule has 2 fully saturated rings. The SMILES string of the molecule is CC1CN(c2c(Br)cnn(CC3CCC3)c2=O)CC1N. The molecule has 2 aliphatic rings. The van der Waals surface area contributed by atoms with Gasteiger partial charge in [0.2, 0.25) is 0 Å². The minimum absolute atomic E-state index is 0.00701. The Kier molecular flexibility index (Phi) is 3.86.